The SMILES string of the molecule is C=Cc1ccccc1CO/N=[C]\C(C)(C)C. The minimum Gasteiger partial charge on any atom is -0.391 e. The lowest BCUT2D eigenvalue weighted by atomic mass is 10.00. The average molecular weight is 216 g/mol. The van der Waals surface area contributed by atoms with Gasteiger partial charge in [0, 0.05) is 5.41 Å². The predicted octanol–water partition coefficient (Wildman–Crippen LogP) is 3.76. The zero-order chi connectivity index (χ0) is 12.0. The van der Waals surface area contributed by atoms with Gasteiger partial charge in [-0.15, -0.1) is 0 Å². The fraction of sp³-hybridized carbons (Fsp3) is 0.357. The van der Waals surface area contributed by atoms with E-state index in [2.05, 4.69) is 17.9 Å². The van der Waals surface area contributed by atoms with Crippen molar-refractivity contribution in [3.63, 3.8) is 0 Å². The molecule has 1 aromatic rings. The first-order valence-electron chi connectivity index (χ1n) is 5.32. The molecule has 0 aliphatic carbocycles. The van der Waals surface area contributed by atoms with Gasteiger partial charge in [0.2, 0.25) is 0 Å². The fourth-order valence-electron chi connectivity index (χ4n) is 1.14. The molecule has 0 aliphatic heterocycles. The number of nitrogens with zero attached hydrogens (tertiary/aromatic N) is 1. The van der Waals surface area contributed by atoms with Crippen molar-refractivity contribution in [2.45, 2.75) is 27.4 Å². The van der Waals surface area contributed by atoms with Crippen molar-refractivity contribution in [2.24, 2.45) is 10.6 Å². The molecule has 0 aliphatic rings. The monoisotopic (exact) mass is 216 g/mol. The Morgan fingerprint density at radius 3 is 2.69 bits per heavy atom. The Hall–Kier alpha value is -1.57. The second-order valence-corrected chi connectivity index (χ2v) is 4.63. The van der Waals surface area contributed by atoms with E-state index in [1.807, 2.05) is 51.1 Å². The smallest absolute Gasteiger partial charge is 0.142 e. The maximum absolute atomic E-state index is 5.20. The minimum absolute atomic E-state index is 0.0715. The van der Waals surface area contributed by atoms with E-state index < -0.39 is 0 Å². The zero-order valence-electron chi connectivity index (χ0n) is 10.2. The van der Waals surface area contributed by atoms with E-state index in [4.69, 9.17) is 4.84 Å². The molecule has 85 valence electrons. The van der Waals surface area contributed by atoms with Gasteiger partial charge in [0.15, 0.2) is 0 Å². The second-order valence-electron chi connectivity index (χ2n) is 4.63. The normalized spacial score (nSPS) is 11.7. The first kappa shape index (κ1) is 12.5. The van der Waals surface area contributed by atoms with Crippen molar-refractivity contribution in [2.75, 3.05) is 0 Å². The van der Waals surface area contributed by atoms with Crippen molar-refractivity contribution >= 4 is 12.3 Å². The highest BCUT2D eigenvalue weighted by Crippen LogP contribution is 2.12. The Labute approximate surface area is 97.6 Å². The summed E-state index contributed by atoms with van der Waals surface area (Å²) in [6, 6.07) is 7.96. The summed E-state index contributed by atoms with van der Waals surface area (Å²) < 4.78 is 0. The molecule has 0 bridgehead atoms. The van der Waals surface area contributed by atoms with Crippen LogP contribution >= 0.6 is 0 Å². The molecule has 0 amide bonds. The fourth-order valence-corrected chi connectivity index (χ4v) is 1.14. The lowest BCUT2D eigenvalue weighted by Crippen LogP contribution is -2.06. The highest BCUT2D eigenvalue weighted by Gasteiger charge is 2.06. The number of rotatable bonds is 4. The average Bonchev–Trinajstić information content (AvgIpc) is 2.23. The molecule has 0 spiro atoms. The third-order valence-corrected chi connectivity index (χ3v) is 1.94. The van der Waals surface area contributed by atoms with E-state index in [9.17, 15) is 0 Å². The van der Waals surface area contributed by atoms with Crippen molar-refractivity contribution < 1.29 is 4.84 Å². The molecule has 0 unspecified atom stereocenters. The highest BCUT2D eigenvalue weighted by atomic mass is 16.6. The molecule has 16 heavy (non-hydrogen) atoms. The van der Waals surface area contributed by atoms with E-state index in [0.717, 1.165) is 11.1 Å². The molecule has 2 nitrogen and oxygen atoms in total. The van der Waals surface area contributed by atoms with Crippen LogP contribution in [0.15, 0.2) is 36.0 Å². The molecule has 0 aromatic heterocycles. The maximum atomic E-state index is 5.20. The van der Waals surface area contributed by atoms with Gasteiger partial charge in [0.05, 0.1) is 0 Å². The lowest BCUT2D eigenvalue weighted by Gasteiger charge is -2.08. The molecule has 0 atom stereocenters. The standard InChI is InChI=1S/C14H18NO/c1-5-12-8-6-7-9-13(12)10-16-15-11-14(2,3)4/h5-9H,1,10H2,2-4H3. The molecule has 1 radical (unpaired) electrons. The Bertz CT molecular complexity index is 375. The summed E-state index contributed by atoms with van der Waals surface area (Å²) in [6.07, 6.45) is 4.72. The molecule has 0 heterocycles. The van der Waals surface area contributed by atoms with E-state index in [-0.39, 0.29) is 5.41 Å². The van der Waals surface area contributed by atoms with Gasteiger partial charge in [0.1, 0.15) is 12.8 Å². The molecule has 1 aromatic carbocycles. The molecule has 2 heteroatoms. The van der Waals surface area contributed by atoms with E-state index in [0.29, 0.717) is 6.61 Å². The summed E-state index contributed by atoms with van der Waals surface area (Å²) >= 11 is 0. The molecule has 0 saturated carbocycles. The molecule has 0 N–H and O–H groups in total. The van der Waals surface area contributed by atoms with Crippen LogP contribution in [0.2, 0.25) is 0 Å². The molecule has 1 rings (SSSR count). The number of benzene rings is 1. The molecule has 0 fully saturated rings. The van der Waals surface area contributed by atoms with Gasteiger partial charge >= 0.3 is 0 Å². The summed E-state index contributed by atoms with van der Waals surface area (Å²) in [5.74, 6) is 0. The summed E-state index contributed by atoms with van der Waals surface area (Å²) in [7, 11) is 0. The van der Waals surface area contributed by atoms with Crippen LogP contribution in [0.25, 0.3) is 6.08 Å². The van der Waals surface area contributed by atoms with E-state index in [1.165, 1.54) is 0 Å². The zero-order valence-corrected chi connectivity index (χ0v) is 10.2. The van der Waals surface area contributed by atoms with Crippen LogP contribution in [0.3, 0.4) is 0 Å². The minimum atomic E-state index is -0.0715. The van der Waals surface area contributed by atoms with Crippen molar-refractivity contribution in [3.8, 4) is 0 Å². The Morgan fingerprint density at radius 1 is 1.38 bits per heavy atom. The van der Waals surface area contributed by atoms with Crippen LogP contribution in [0, 0.1) is 5.41 Å². The summed E-state index contributed by atoms with van der Waals surface area (Å²) in [5, 5.41) is 3.83. The largest absolute Gasteiger partial charge is 0.391 e. The summed E-state index contributed by atoms with van der Waals surface area (Å²) in [5.41, 5.74) is 2.09. The van der Waals surface area contributed by atoms with Gasteiger partial charge < -0.3 is 4.84 Å². The highest BCUT2D eigenvalue weighted by molar-refractivity contribution is 5.63. The Balaban J connectivity index is 2.55. The molecular formula is C14H18NO. The quantitative estimate of drug-likeness (QED) is 0.554. The van der Waals surface area contributed by atoms with Crippen LogP contribution in [0.1, 0.15) is 31.9 Å². The van der Waals surface area contributed by atoms with Gasteiger partial charge in [-0.3, -0.25) is 0 Å². The first-order valence-corrected chi connectivity index (χ1v) is 5.32. The third kappa shape index (κ3) is 4.30. The van der Waals surface area contributed by atoms with Gasteiger partial charge in [-0.1, -0.05) is 62.8 Å². The van der Waals surface area contributed by atoms with Crippen LogP contribution in [0.4, 0.5) is 0 Å². The van der Waals surface area contributed by atoms with Crippen LogP contribution in [-0.4, -0.2) is 6.21 Å². The topological polar surface area (TPSA) is 21.6 Å². The number of hydrogen-bond acceptors (Lipinski definition) is 2. The maximum Gasteiger partial charge on any atom is 0.142 e. The molecular weight excluding hydrogens is 198 g/mol. The molecule has 0 saturated heterocycles. The van der Waals surface area contributed by atoms with Gasteiger partial charge in [-0.25, -0.2) is 0 Å². The van der Waals surface area contributed by atoms with Crippen LogP contribution in [-0.2, 0) is 11.4 Å². The van der Waals surface area contributed by atoms with Crippen LogP contribution < -0.4 is 0 Å². The van der Waals surface area contributed by atoms with E-state index in [1.54, 1.807) is 0 Å². The Morgan fingerprint density at radius 2 is 2.06 bits per heavy atom. The van der Waals surface area contributed by atoms with Crippen molar-refractivity contribution in [1.82, 2.24) is 0 Å². The van der Waals surface area contributed by atoms with Gasteiger partial charge in [-0.05, 0) is 11.1 Å². The second kappa shape index (κ2) is 5.50. The lowest BCUT2D eigenvalue weighted by molar-refractivity contribution is 0.129. The van der Waals surface area contributed by atoms with Crippen LogP contribution in [0.5, 0.6) is 0 Å². The third-order valence-electron chi connectivity index (χ3n) is 1.94. The summed E-state index contributed by atoms with van der Waals surface area (Å²) in [4.78, 5) is 5.20. The van der Waals surface area contributed by atoms with Crippen molar-refractivity contribution in [1.29, 1.82) is 0 Å². The van der Waals surface area contributed by atoms with E-state index >= 15 is 0 Å². The van der Waals surface area contributed by atoms with Crippen molar-refractivity contribution in [3.05, 3.63) is 42.0 Å². The number of hydrogen-bond donors (Lipinski definition) is 0. The Kier molecular flexibility index (Phi) is 4.29. The van der Waals surface area contributed by atoms with Gasteiger partial charge in [0.25, 0.3) is 0 Å². The summed E-state index contributed by atoms with van der Waals surface area (Å²) in [6.45, 7) is 10.3. The predicted molar refractivity (Wildman–Crippen MR) is 68.2 cm³/mol. The van der Waals surface area contributed by atoms with Gasteiger partial charge in [-0.2, -0.15) is 0 Å². The first-order chi connectivity index (χ1) is 7.53.